The van der Waals surface area contributed by atoms with E-state index in [1.165, 1.54) is 42.4 Å². The van der Waals surface area contributed by atoms with Crippen molar-refractivity contribution in [1.29, 1.82) is 0 Å². The molecule has 1 nitrogen and oxygen atoms in total. The SMILES string of the molecule is CC(CCC(=O)Cl)c1ccc2c(c1)CCCC2. The first kappa shape index (κ1) is 12.6. The van der Waals surface area contributed by atoms with Crippen molar-refractivity contribution < 1.29 is 4.79 Å². The van der Waals surface area contributed by atoms with Crippen LogP contribution in [-0.2, 0) is 17.6 Å². The van der Waals surface area contributed by atoms with Crippen molar-refractivity contribution in [2.45, 2.75) is 51.4 Å². The molecule has 92 valence electrons. The molecule has 0 spiro atoms. The maximum atomic E-state index is 10.8. The van der Waals surface area contributed by atoms with Gasteiger partial charge in [0, 0.05) is 6.42 Å². The number of benzene rings is 1. The molecule has 0 heterocycles. The Hall–Kier alpha value is -0.820. The van der Waals surface area contributed by atoms with E-state index in [9.17, 15) is 4.79 Å². The molecule has 0 bridgehead atoms. The number of fused-ring (bicyclic) bond motifs is 1. The molecule has 17 heavy (non-hydrogen) atoms. The predicted molar refractivity (Wildman–Crippen MR) is 71.6 cm³/mol. The lowest BCUT2D eigenvalue weighted by atomic mass is 9.87. The average Bonchev–Trinajstić information content (AvgIpc) is 2.35. The summed E-state index contributed by atoms with van der Waals surface area (Å²) >= 11 is 5.39. The molecule has 0 radical (unpaired) electrons. The lowest BCUT2D eigenvalue weighted by Crippen LogP contribution is -2.05. The van der Waals surface area contributed by atoms with Gasteiger partial charge in [0.15, 0.2) is 0 Å². The van der Waals surface area contributed by atoms with Crippen molar-refractivity contribution in [3.63, 3.8) is 0 Å². The third-order valence-electron chi connectivity index (χ3n) is 3.72. The van der Waals surface area contributed by atoms with E-state index < -0.39 is 0 Å². The topological polar surface area (TPSA) is 17.1 Å². The van der Waals surface area contributed by atoms with Gasteiger partial charge in [-0.1, -0.05) is 25.1 Å². The molecule has 0 aliphatic heterocycles. The van der Waals surface area contributed by atoms with Gasteiger partial charge in [-0.25, -0.2) is 0 Å². The molecule has 0 amide bonds. The van der Waals surface area contributed by atoms with Gasteiger partial charge in [0.2, 0.25) is 5.24 Å². The van der Waals surface area contributed by atoms with Crippen LogP contribution in [0.5, 0.6) is 0 Å². The summed E-state index contributed by atoms with van der Waals surface area (Å²) in [6, 6.07) is 6.81. The van der Waals surface area contributed by atoms with Crippen LogP contribution in [0.1, 0.15) is 55.2 Å². The zero-order valence-corrected chi connectivity index (χ0v) is 11.1. The Bertz CT molecular complexity index is 411. The van der Waals surface area contributed by atoms with E-state index >= 15 is 0 Å². The van der Waals surface area contributed by atoms with Crippen LogP contribution >= 0.6 is 11.6 Å². The fraction of sp³-hybridized carbons (Fsp3) is 0.533. The van der Waals surface area contributed by atoms with Crippen LogP contribution in [0.3, 0.4) is 0 Å². The van der Waals surface area contributed by atoms with Gasteiger partial charge >= 0.3 is 0 Å². The molecule has 0 saturated carbocycles. The van der Waals surface area contributed by atoms with E-state index in [2.05, 4.69) is 25.1 Å². The van der Waals surface area contributed by atoms with Crippen LogP contribution in [0.25, 0.3) is 0 Å². The third-order valence-corrected chi connectivity index (χ3v) is 3.90. The molecule has 2 heteroatoms. The summed E-state index contributed by atoms with van der Waals surface area (Å²) in [7, 11) is 0. The van der Waals surface area contributed by atoms with Crippen LogP contribution in [0.2, 0.25) is 0 Å². The van der Waals surface area contributed by atoms with Crippen LogP contribution in [-0.4, -0.2) is 5.24 Å². The number of halogens is 1. The van der Waals surface area contributed by atoms with Crippen LogP contribution in [0, 0.1) is 0 Å². The average molecular weight is 251 g/mol. The Labute approximate surface area is 108 Å². The Morgan fingerprint density at radius 3 is 2.71 bits per heavy atom. The molecule has 1 atom stereocenters. The van der Waals surface area contributed by atoms with Gasteiger partial charge in [0.1, 0.15) is 0 Å². The summed E-state index contributed by atoms with van der Waals surface area (Å²) in [6.45, 7) is 2.17. The molecule has 1 aromatic carbocycles. The number of aryl methyl sites for hydroxylation is 2. The molecule has 0 saturated heterocycles. The Balaban J connectivity index is 2.08. The zero-order chi connectivity index (χ0) is 12.3. The van der Waals surface area contributed by atoms with E-state index in [0.29, 0.717) is 12.3 Å². The highest BCUT2D eigenvalue weighted by Gasteiger charge is 2.13. The molecular weight excluding hydrogens is 232 g/mol. The first-order chi connectivity index (χ1) is 8.16. The highest BCUT2D eigenvalue weighted by molar-refractivity contribution is 6.63. The predicted octanol–water partition coefficient (Wildman–Crippen LogP) is 4.21. The number of carbonyl (C=O) groups is 1. The molecule has 2 rings (SSSR count). The lowest BCUT2D eigenvalue weighted by molar-refractivity contribution is -0.111. The van der Waals surface area contributed by atoms with E-state index in [4.69, 9.17) is 11.6 Å². The maximum absolute atomic E-state index is 10.8. The van der Waals surface area contributed by atoms with Gasteiger partial charge < -0.3 is 0 Å². The number of carbonyl (C=O) groups excluding carboxylic acids is 1. The van der Waals surface area contributed by atoms with E-state index in [-0.39, 0.29) is 5.24 Å². The van der Waals surface area contributed by atoms with Gasteiger partial charge in [0.25, 0.3) is 0 Å². The molecule has 0 aromatic heterocycles. The summed E-state index contributed by atoms with van der Waals surface area (Å²) < 4.78 is 0. The summed E-state index contributed by atoms with van der Waals surface area (Å²) in [5, 5.41) is -0.227. The van der Waals surface area contributed by atoms with Gasteiger partial charge in [-0.3, -0.25) is 4.79 Å². The monoisotopic (exact) mass is 250 g/mol. The highest BCUT2D eigenvalue weighted by Crippen LogP contribution is 2.27. The van der Waals surface area contributed by atoms with E-state index in [1.54, 1.807) is 0 Å². The van der Waals surface area contributed by atoms with Crippen molar-refractivity contribution >= 4 is 16.8 Å². The second-order valence-electron chi connectivity index (χ2n) is 5.03. The molecule has 1 aromatic rings. The number of hydrogen-bond acceptors (Lipinski definition) is 1. The summed E-state index contributed by atoms with van der Waals surface area (Å²) in [6.07, 6.45) is 6.39. The van der Waals surface area contributed by atoms with Gasteiger partial charge in [-0.2, -0.15) is 0 Å². The first-order valence-electron chi connectivity index (χ1n) is 6.47. The minimum Gasteiger partial charge on any atom is -0.281 e. The van der Waals surface area contributed by atoms with E-state index in [0.717, 1.165) is 6.42 Å². The normalized spacial score (nSPS) is 16.4. The molecule has 0 N–H and O–H groups in total. The van der Waals surface area contributed by atoms with E-state index in [1.807, 2.05) is 0 Å². The zero-order valence-electron chi connectivity index (χ0n) is 10.3. The van der Waals surface area contributed by atoms with Crippen LogP contribution < -0.4 is 0 Å². The van der Waals surface area contributed by atoms with Crippen LogP contribution in [0.4, 0.5) is 0 Å². The maximum Gasteiger partial charge on any atom is 0.221 e. The molecule has 1 aliphatic rings. The smallest absolute Gasteiger partial charge is 0.221 e. The molecule has 0 fully saturated rings. The summed E-state index contributed by atoms with van der Waals surface area (Å²) in [5.74, 6) is 0.421. The fourth-order valence-corrected chi connectivity index (χ4v) is 2.67. The standard InChI is InChI=1S/C15H19ClO/c1-11(6-9-15(16)17)13-8-7-12-4-2-3-5-14(12)10-13/h7-8,10-11H,2-6,9H2,1H3. The van der Waals surface area contributed by atoms with Crippen molar-refractivity contribution in [3.05, 3.63) is 34.9 Å². The quantitative estimate of drug-likeness (QED) is 0.732. The fourth-order valence-electron chi connectivity index (χ4n) is 2.56. The van der Waals surface area contributed by atoms with Gasteiger partial charge in [-0.15, -0.1) is 0 Å². The van der Waals surface area contributed by atoms with Gasteiger partial charge in [0.05, 0.1) is 0 Å². The lowest BCUT2D eigenvalue weighted by Gasteiger charge is -2.19. The molecular formula is C15H19ClO. The molecule has 1 aliphatic carbocycles. The van der Waals surface area contributed by atoms with Crippen molar-refractivity contribution in [2.75, 3.05) is 0 Å². The van der Waals surface area contributed by atoms with Gasteiger partial charge in [-0.05, 0) is 66.3 Å². The Kier molecular flexibility index (Phi) is 4.22. The second-order valence-corrected chi connectivity index (χ2v) is 5.45. The first-order valence-corrected chi connectivity index (χ1v) is 6.84. The number of hydrogen-bond donors (Lipinski definition) is 0. The minimum atomic E-state index is -0.227. The second kappa shape index (κ2) is 5.68. The third kappa shape index (κ3) is 3.32. The summed E-state index contributed by atoms with van der Waals surface area (Å²) in [4.78, 5) is 10.8. The highest BCUT2D eigenvalue weighted by atomic mass is 35.5. The molecule has 1 unspecified atom stereocenters. The van der Waals surface area contributed by atoms with Crippen molar-refractivity contribution in [1.82, 2.24) is 0 Å². The van der Waals surface area contributed by atoms with Crippen molar-refractivity contribution in [2.24, 2.45) is 0 Å². The Morgan fingerprint density at radius 1 is 1.29 bits per heavy atom. The minimum absolute atomic E-state index is 0.227. The summed E-state index contributed by atoms with van der Waals surface area (Å²) in [5.41, 5.74) is 4.38. The number of rotatable bonds is 4. The largest absolute Gasteiger partial charge is 0.281 e. The Morgan fingerprint density at radius 2 is 2.00 bits per heavy atom. The van der Waals surface area contributed by atoms with Crippen LogP contribution in [0.15, 0.2) is 18.2 Å². The van der Waals surface area contributed by atoms with Crippen molar-refractivity contribution in [3.8, 4) is 0 Å².